The molecule has 4 aliphatic carbocycles. The molecule has 15 heteroatoms. The summed E-state index contributed by atoms with van der Waals surface area (Å²) < 4.78 is 34.7. The Balaban J connectivity index is 1.02. The lowest BCUT2D eigenvalue weighted by atomic mass is 9.43. The molecular formula is C36H56O15. The van der Waals surface area contributed by atoms with Crippen LogP contribution in [0.3, 0.4) is 0 Å². The van der Waals surface area contributed by atoms with Crippen LogP contribution in [0, 0.1) is 34.5 Å². The quantitative estimate of drug-likeness (QED) is 0.104. The molecule has 0 bridgehead atoms. The largest absolute Gasteiger partial charge is 0.458 e. The summed E-state index contributed by atoms with van der Waals surface area (Å²) in [5.41, 5.74) is -0.686. The Morgan fingerprint density at radius 2 is 1.53 bits per heavy atom. The maximum absolute atomic E-state index is 12.5. The van der Waals surface area contributed by atoms with Crippen LogP contribution in [-0.2, 0) is 33.2 Å². The first-order chi connectivity index (χ1) is 24.3. The first-order valence-corrected chi connectivity index (χ1v) is 18.6. The van der Waals surface area contributed by atoms with Crippen molar-refractivity contribution in [3.8, 4) is 0 Å². The standard InChI is InChI=1S/C36H56O15/c1-34-8-6-21-22(36(34,45)10-7-20(34)17-11-25(40)47-15-17)4-3-18-12-19(5-9-35(18,21)16-39)48-33-29(44)31(46-2)30(24(14-38)50-33)51-32-28(43)27(42)26(41)23(13-37)49-32/h11,18-24,26-33,37-39,41-45H,3-10,12-16H2,1-2H3/t18-,19+,20-,21+,22-,23-,24-,26-,27+,28-,29-,30-,31+,32+,33-,34-,35-,36+/m1/s1. The minimum Gasteiger partial charge on any atom is -0.458 e. The summed E-state index contributed by atoms with van der Waals surface area (Å²) >= 11 is 0. The second kappa shape index (κ2) is 14.4. The average molecular weight is 729 g/mol. The summed E-state index contributed by atoms with van der Waals surface area (Å²) in [4.78, 5) is 11.9. The lowest BCUT2D eigenvalue weighted by Gasteiger charge is -2.64. The van der Waals surface area contributed by atoms with E-state index in [2.05, 4.69) is 6.92 Å². The van der Waals surface area contributed by atoms with Gasteiger partial charge >= 0.3 is 5.97 Å². The molecule has 290 valence electrons. The number of aliphatic hydroxyl groups excluding tert-OH is 7. The second-order valence-electron chi connectivity index (χ2n) is 16.4. The molecule has 6 fully saturated rings. The summed E-state index contributed by atoms with van der Waals surface area (Å²) in [5.74, 6) is 0.0461. The highest BCUT2D eigenvalue weighted by atomic mass is 16.7. The van der Waals surface area contributed by atoms with Crippen molar-refractivity contribution in [2.24, 2.45) is 34.5 Å². The summed E-state index contributed by atoms with van der Waals surface area (Å²) in [6.45, 7) is 1.26. The second-order valence-corrected chi connectivity index (χ2v) is 16.4. The zero-order chi connectivity index (χ0) is 36.5. The predicted molar refractivity (Wildman–Crippen MR) is 173 cm³/mol. The number of hydrogen-bond donors (Lipinski definition) is 8. The van der Waals surface area contributed by atoms with Gasteiger partial charge in [0.1, 0.15) is 55.4 Å². The molecule has 7 aliphatic rings. The van der Waals surface area contributed by atoms with Gasteiger partial charge in [0.2, 0.25) is 0 Å². The van der Waals surface area contributed by atoms with E-state index in [1.165, 1.54) is 7.11 Å². The van der Waals surface area contributed by atoms with Gasteiger partial charge in [-0.25, -0.2) is 4.79 Å². The number of ether oxygens (including phenoxy) is 6. The molecule has 0 aromatic heterocycles. The Bertz CT molecular complexity index is 1300. The van der Waals surface area contributed by atoms with Crippen molar-refractivity contribution in [3.63, 3.8) is 0 Å². The summed E-state index contributed by atoms with van der Waals surface area (Å²) in [6.07, 6.45) is -5.77. The van der Waals surface area contributed by atoms with Crippen LogP contribution in [0.4, 0.5) is 0 Å². The van der Waals surface area contributed by atoms with Crippen molar-refractivity contribution in [2.75, 3.05) is 33.5 Å². The van der Waals surface area contributed by atoms with Crippen LogP contribution < -0.4 is 0 Å². The fraction of sp³-hybridized carbons (Fsp3) is 0.917. The SMILES string of the molecule is CO[C@H]1[C@@H](O)[C@H](O[C@H]2CC[C@@]3(CO)[C@H](CC[C@@H]4[C@@H]3CC[C@]3(C)[C@@H](C5=CC(=O)OC5)CC[C@]43O)C2)O[C@H](CO)[C@H]1O[C@@H]1O[C@H](CO)[C@@H](O)[C@H](O)[C@H]1O. The Hall–Kier alpha value is -1.31. The molecular weight excluding hydrogens is 672 g/mol. The maximum atomic E-state index is 12.5. The van der Waals surface area contributed by atoms with E-state index in [-0.39, 0.29) is 53.2 Å². The summed E-state index contributed by atoms with van der Waals surface area (Å²) in [7, 11) is 1.34. The van der Waals surface area contributed by atoms with Crippen LogP contribution in [0.5, 0.6) is 0 Å². The highest BCUT2D eigenvalue weighted by Gasteiger charge is 2.68. The minimum absolute atomic E-state index is 0.00707. The third kappa shape index (κ3) is 6.03. The number of carbonyl (C=O) groups excluding carboxylic acids is 1. The van der Waals surface area contributed by atoms with Crippen molar-refractivity contribution >= 4 is 5.97 Å². The molecule has 3 heterocycles. The first-order valence-electron chi connectivity index (χ1n) is 18.6. The number of fused-ring (bicyclic) bond motifs is 5. The van der Waals surface area contributed by atoms with Crippen LogP contribution in [-0.4, -0.2) is 153 Å². The Kier molecular flexibility index (Phi) is 10.7. The molecule has 0 amide bonds. The summed E-state index contributed by atoms with van der Waals surface area (Å²) in [6, 6.07) is 0. The number of aliphatic hydroxyl groups is 8. The van der Waals surface area contributed by atoms with E-state index in [1.807, 2.05) is 0 Å². The van der Waals surface area contributed by atoms with Gasteiger partial charge in [-0.1, -0.05) is 6.92 Å². The van der Waals surface area contributed by atoms with Gasteiger partial charge in [-0.05, 0) is 92.4 Å². The summed E-state index contributed by atoms with van der Waals surface area (Å²) in [5, 5.41) is 85.8. The van der Waals surface area contributed by atoms with Crippen molar-refractivity contribution in [1.82, 2.24) is 0 Å². The van der Waals surface area contributed by atoms with Crippen molar-refractivity contribution in [3.05, 3.63) is 11.6 Å². The monoisotopic (exact) mass is 728 g/mol. The smallest absolute Gasteiger partial charge is 0.331 e. The normalized spacial score (nSPS) is 52.8. The topological polar surface area (TPSA) is 234 Å². The Labute approximate surface area is 297 Å². The molecule has 4 saturated carbocycles. The molecule has 0 unspecified atom stereocenters. The van der Waals surface area contributed by atoms with Gasteiger partial charge in [0.05, 0.1) is 24.9 Å². The fourth-order valence-electron chi connectivity index (χ4n) is 11.7. The van der Waals surface area contributed by atoms with Gasteiger partial charge in [-0.2, -0.15) is 0 Å². The zero-order valence-electron chi connectivity index (χ0n) is 29.4. The molecule has 2 saturated heterocycles. The molecule has 0 aromatic rings. The molecule has 0 spiro atoms. The fourth-order valence-corrected chi connectivity index (χ4v) is 11.7. The minimum atomic E-state index is -1.70. The van der Waals surface area contributed by atoms with Gasteiger partial charge in [-0.3, -0.25) is 0 Å². The molecule has 0 aromatic carbocycles. The van der Waals surface area contributed by atoms with Crippen molar-refractivity contribution in [2.45, 2.75) is 138 Å². The van der Waals surface area contributed by atoms with Crippen molar-refractivity contribution in [1.29, 1.82) is 0 Å². The third-order valence-corrected chi connectivity index (χ3v) is 14.5. The van der Waals surface area contributed by atoms with Gasteiger partial charge in [0.15, 0.2) is 12.6 Å². The van der Waals surface area contributed by atoms with E-state index in [0.717, 1.165) is 37.7 Å². The molecule has 51 heavy (non-hydrogen) atoms. The van der Waals surface area contributed by atoms with Gasteiger partial charge in [0, 0.05) is 25.2 Å². The predicted octanol–water partition coefficient (Wildman–Crippen LogP) is -1.12. The molecule has 8 N–H and O–H groups in total. The highest BCUT2D eigenvalue weighted by Crippen LogP contribution is 2.70. The lowest BCUT2D eigenvalue weighted by molar-refractivity contribution is -0.366. The van der Waals surface area contributed by atoms with Gasteiger partial charge in [-0.15, -0.1) is 0 Å². The van der Waals surface area contributed by atoms with E-state index in [4.69, 9.17) is 28.4 Å². The molecule has 15 nitrogen and oxygen atoms in total. The van der Waals surface area contributed by atoms with E-state index in [0.29, 0.717) is 32.3 Å². The lowest BCUT2D eigenvalue weighted by Crippen LogP contribution is -2.65. The zero-order valence-corrected chi connectivity index (χ0v) is 29.4. The van der Waals surface area contributed by atoms with Crippen LogP contribution in [0.25, 0.3) is 0 Å². The van der Waals surface area contributed by atoms with E-state index in [1.54, 1.807) is 6.08 Å². The maximum Gasteiger partial charge on any atom is 0.331 e. The number of esters is 1. The van der Waals surface area contributed by atoms with E-state index >= 15 is 0 Å². The molecule has 3 aliphatic heterocycles. The van der Waals surface area contributed by atoms with Crippen LogP contribution in [0.2, 0.25) is 0 Å². The number of hydrogen-bond acceptors (Lipinski definition) is 15. The van der Waals surface area contributed by atoms with Crippen molar-refractivity contribution < 1.29 is 74.1 Å². The number of cyclic esters (lactones) is 1. The molecule has 0 radical (unpaired) electrons. The highest BCUT2D eigenvalue weighted by molar-refractivity contribution is 5.85. The van der Waals surface area contributed by atoms with Crippen LogP contribution in [0.1, 0.15) is 64.7 Å². The Morgan fingerprint density at radius 3 is 2.20 bits per heavy atom. The van der Waals surface area contributed by atoms with Gasteiger partial charge in [0.25, 0.3) is 0 Å². The third-order valence-electron chi connectivity index (χ3n) is 14.5. The molecule has 7 rings (SSSR count). The number of rotatable bonds is 9. The Morgan fingerprint density at radius 1 is 0.804 bits per heavy atom. The number of carbonyl (C=O) groups is 1. The van der Waals surface area contributed by atoms with Gasteiger partial charge < -0.3 is 69.3 Å². The average Bonchev–Trinajstić information content (AvgIpc) is 3.68. The number of methoxy groups -OCH3 is 1. The van der Waals surface area contributed by atoms with E-state index in [9.17, 15) is 45.6 Å². The van der Waals surface area contributed by atoms with Crippen LogP contribution in [0.15, 0.2) is 11.6 Å². The molecule has 18 atom stereocenters. The first kappa shape index (κ1) is 38.0. The van der Waals surface area contributed by atoms with E-state index < -0.39 is 80.2 Å². The van der Waals surface area contributed by atoms with Crippen LogP contribution >= 0.6 is 0 Å².